The molecule has 0 saturated heterocycles. The summed E-state index contributed by atoms with van der Waals surface area (Å²) in [4.78, 5) is 18.4. The lowest BCUT2D eigenvalue weighted by atomic mass is 10.2. The molecule has 1 unspecified atom stereocenters. The number of nitrogens with zero attached hydrogens (tertiary/aromatic N) is 2. The van der Waals surface area contributed by atoms with Gasteiger partial charge in [0.25, 0.3) is 5.91 Å². The third kappa shape index (κ3) is 4.42. The van der Waals surface area contributed by atoms with Gasteiger partial charge in [0.15, 0.2) is 0 Å². The topological polar surface area (TPSA) is 45.2 Å². The van der Waals surface area contributed by atoms with Gasteiger partial charge in [-0.2, -0.15) is 11.8 Å². The summed E-state index contributed by atoms with van der Waals surface area (Å²) >= 11 is 1.76. The normalized spacial score (nSPS) is 12.0. The van der Waals surface area contributed by atoms with Crippen molar-refractivity contribution in [1.82, 2.24) is 9.88 Å². The Morgan fingerprint density at radius 2 is 2.21 bits per heavy atom. The van der Waals surface area contributed by atoms with Crippen molar-refractivity contribution in [3.8, 4) is 0 Å². The molecule has 0 bridgehead atoms. The Bertz CT molecular complexity index is 394. The SMILES string of the molecule is CCNc1ccc(C(=O)N(C)C(CC)CSC)nc1. The van der Waals surface area contributed by atoms with Crippen molar-refractivity contribution in [2.75, 3.05) is 30.9 Å². The first kappa shape index (κ1) is 15.8. The molecule has 1 heterocycles. The van der Waals surface area contributed by atoms with E-state index in [2.05, 4.69) is 23.5 Å². The van der Waals surface area contributed by atoms with Crippen LogP contribution in [0.15, 0.2) is 18.3 Å². The van der Waals surface area contributed by atoms with Crippen molar-refractivity contribution < 1.29 is 4.79 Å². The first-order chi connectivity index (χ1) is 9.13. The second-order valence-electron chi connectivity index (χ2n) is 4.40. The molecular formula is C14H23N3OS. The summed E-state index contributed by atoms with van der Waals surface area (Å²) < 4.78 is 0. The third-order valence-electron chi connectivity index (χ3n) is 3.06. The number of amides is 1. The quantitative estimate of drug-likeness (QED) is 0.834. The van der Waals surface area contributed by atoms with Gasteiger partial charge < -0.3 is 10.2 Å². The van der Waals surface area contributed by atoms with Crippen molar-refractivity contribution in [2.45, 2.75) is 26.3 Å². The van der Waals surface area contributed by atoms with Gasteiger partial charge >= 0.3 is 0 Å². The fourth-order valence-corrected chi connectivity index (χ4v) is 2.72. The number of nitrogens with one attached hydrogen (secondary N) is 1. The van der Waals surface area contributed by atoms with Gasteiger partial charge in [0.2, 0.25) is 0 Å². The van der Waals surface area contributed by atoms with Crippen LogP contribution in [-0.2, 0) is 0 Å². The molecule has 0 aliphatic heterocycles. The van der Waals surface area contributed by atoms with Gasteiger partial charge in [0.05, 0.1) is 11.9 Å². The molecule has 1 aromatic rings. The number of hydrogen-bond donors (Lipinski definition) is 1. The van der Waals surface area contributed by atoms with Crippen molar-refractivity contribution in [2.24, 2.45) is 0 Å². The number of aromatic nitrogens is 1. The summed E-state index contributed by atoms with van der Waals surface area (Å²) in [5.74, 6) is 0.942. The molecule has 1 rings (SSSR count). The molecule has 0 radical (unpaired) electrons. The number of pyridine rings is 1. The molecule has 1 amide bonds. The zero-order chi connectivity index (χ0) is 14.3. The minimum Gasteiger partial charge on any atom is -0.384 e. The average Bonchev–Trinajstić information content (AvgIpc) is 2.44. The highest BCUT2D eigenvalue weighted by Gasteiger charge is 2.20. The maximum atomic E-state index is 12.3. The summed E-state index contributed by atoms with van der Waals surface area (Å²) in [7, 11) is 1.85. The van der Waals surface area contributed by atoms with Crippen LogP contribution in [0.5, 0.6) is 0 Å². The van der Waals surface area contributed by atoms with E-state index in [1.54, 1.807) is 28.9 Å². The highest BCUT2D eigenvalue weighted by atomic mass is 32.2. The molecule has 19 heavy (non-hydrogen) atoms. The van der Waals surface area contributed by atoms with E-state index in [9.17, 15) is 4.79 Å². The molecular weight excluding hydrogens is 258 g/mol. The Kier molecular flexibility index (Phi) is 6.70. The number of rotatable bonds is 7. The van der Waals surface area contributed by atoms with Crippen molar-refractivity contribution >= 4 is 23.4 Å². The highest BCUT2D eigenvalue weighted by Crippen LogP contribution is 2.13. The largest absolute Gasteiger partial charge is 0.384 e. The summed E-state index contributed by atoms with van der Waals surface area (Å²) in [5, 5.41) is 3.17. The molecule has 0 fully saturated rings. The van der Waals surface area contributed by atoms with Crippen LogP contribution < -0.4 is 5.32 Å². The Hall–Kier alpha value is -1.23. The average molecular weight is 281 g/mol. The van der Waals surface area contributed by atoms with E-state index < -0.39 is 0 Å². The summed E-state index contributed by atoms with van der Waals surface area (Å²) in [6, 6.07) is 3.94. The molecule has 4 nitrogen and oxygen atoms in total. The second-order valence-corrected chi connectivity index (χ2v) is 5.31. The highest BCUT2D eigenvalue weighted by molar-refractivity contribution is 7.98. The van der Waals surface area contributed by atoms with E-state index in [1.807, 2.05) is 20.0 Å². The van der Waals surface area contributed by atoms with E-state index in [1.165, 1.54) is 0 Å². The zero-order valence-electron chi connectivity index (χ0n) is 12.1. The lowest BCUT2D eigenvalue weighted by Gasteiger charge is -2.26. The Balaban J connectivity index is 2.75. The van der Waals surface area contributed by atoms with Crippen molar-refractivity contribution in [3.63, 3.8) is 0 Å². The van der Waals surface area contributed by atoms with Gasteiger partial charge in [-0.25, -0.2) is 4.98 Å². The molecule has 106 valence electrons. The van der Waals surface area contributed by atoms with Crippen LogP contribution in [0.1, 0.15) is 30.8 Å². The summed E-state index contributed by atoms with van der Waals surface area (Å²) in [6.07, 6.45) is 4.73. The Labute approximate surface area is 120 Å². The number of carbonyl (C=O) groups excluding carboxylic acids is 1. The maximum Gasteiger partial charge on any atom is 0.272 e. The van der Waals surface area contributed by atoms with Gasteiger partial charge in [-0.15, -0.1) is 0 Å². The number of thioether (sulfide) groups is 1. The molecule has 0 aromatic carbocycles. The van der Waals surface area contributed by atoms with Crippen molar-refractivity contribution in [1.29, 1.82) is 0 Å². The van der Waals surface area contributed by atoms with Gasteiger partial charge in [-0.05, 0) is 31.7 Å². The molecule has 1 aromatic heterocycles. The summed E-state index contributed by atoms with van der Waals surface area (Å²) in [6.45, 7) is 4.98. The Morgan fingerprint density at radius 1 is 1.47 bits per heavy atom. The molecule has 1 N–H and O–H groups in total. The minimum atomic E-state index is -0.0102. The Morgan fingerprint density at radius 3 is 2.68 bits per heavy atom. The lowest BCUT2D eigenvalue weighted by molar-refractivity contribution is 0.0738. The van der Waals surface area contributed by atoms with E-state index in [-0.39, 0.29) is 11.9 Å². The van der Waals surface area contributed by atoms with Crippen LogP contribution in [0.2, 0.25) is 0 Å². The van der Waals surface area contributed by atoms with Crippen LogP contribution in [0.3, 0.4) is 0 Å². The second kappa shape index (κ2) is 8.04. The molecule has 0 aliphatic rings. The first-order valence-corrected chi connectivity index (χ1v) is 7.99. The number of carbonyl (C=O) groups is 1. The minimum absolute atomic E-state index is 0.0102. The van der Waals surface area contributed by atoms with Crippen LogP contribution in [0.4, 0.5) is 5.69 Å². The lowest BCUT2D eigenvalue weighted by Crippen LogP contribution is -2.38. The molecule has 1 atom stereocenters. The van der Waals surface area contributed by atoms with Gasteiger partial charge in [-0.3, -0.25) is 4.79 Å². The molecule has 0 spiro atoms. The fourth-order valence-electron chi connectivity index (χ4n) is 1.87. The molecule has 5 heteroatoms. The van der Waals surface area contributed by atoms with Crippen molar-refractivity contribution in [3.05, 3.63) is 24.0 Å². The van der Waals surface area contributed by atoms with Crippen LogP contribution >= 0.6 is 11.8 Å². The smallest absolute Gasteiger partial charge is 0.272 e. The van der Waals surface area contributed by atoms with Gasteiger partial charge in [-0.1, -0.05) is 6.92 Å². The monoisotopic (exact) mass is 281 g/mol. The van der Waals surface area contributed by atoms with Gasteiger partial charge in [0, 0.05) is 25.4 Å². The summed E-state index contributed by atoms with van der Waals surface area (Å²) in [5.41, 5.74) is 1.45. The van der Waals surface area contributed by atoms with E-state index in [0.29, 0.717) is 5.69 Å². The molecule has 0 aliphatic carbocycles. The molecule has 0 saturated carbocycles. The van der Waals surface area contributed by atoms with E-state index in [4.69, 9.17) is 0 Å². The number of anilines is 1. The van der Waals surface area contributed by atoms with E-state index >= 15 is 0 Å². The number of hydrogen-bond acceptors (Lipinski definition) is 4. The predicted octanol–water partition coefficient (Wildman–Crippen LogP) is 2.73. The fraction of sp³-hybridized carbons (Fsp3) is 0.571. The van der Waals surface area contributed by atoms with Crippen LogP contribution in [0, 0.1) is 0 Å². The van der Waals surface area contributed by atoms with Gasteiger partial charge in [0.1, 0.15) is 5.69 Å². The standard InChI is InChI=1S/C14H23N3OS/c1-5-12(10-19-4)17(3)14(18)13-8-7-11(9-16-13)15-6-2/h7-9,12,15H,5-6,10H2,1-4H3. The zero-order valence-corrected chi connectivity index (χ0v) is 13.0. The maximum absolute atomic E-state index is 12.3. The van der Waals surface area contributed by atoms with E-state index in [0.717, 1.165) is 24.4 Å². The predicted molar refractivity (Wildman–Crippen MR) is 83.0 cm³/mol. The van der Waals surface area contributed by atoms with Crippen LogP contribution in [0.25, 0.3) is 0 Å². The van der Waals surface area contributed by atoms with Crippen LogP contribution in [-0.4, -0.2) is 47.4 Å². The first-order valence-electron chi connectivity index (χ1n) is 6.60. The third-order valence-corrected chi connectivity index (χ3v) is 3.78.